The van der Waals surface area contributed by atoms with Crippen molar-refractivity contribution in [2.24, 2.45) is 13.0 Å². The SMILES string of the molecule is Cn1ccc([C@H]2CCN(C(=O)OC(C)(C)C)C[C@H]2C(=O)O)cc1=O. The van der Waals surface area contributed by atoms with E-state index in [9.17, 15) is 19.5 Å². The molecule has 1 aliphatic heterocycles. The first kappa shape index (κ1) is 18.0. The number of aromatic nitrogens is 1. The van der Waals surface area contributed by atoms with Gasteiger partial charge in [0.25, 0.3) is 5.56 Å². The van der Waals surface area contributed by atoms with E-state index in [0.717, 1.165) is 0 Å². The number of rotatable bonds is 2. The summed E-state index contributed by atoms with van der Waals surface area (Å²) in [6.45, 7) is 5.78. The lowest BCUT2D eigenvalue weighted by atomic mass is 9.81. The molecule has 1 amide bonds. The highest BCUT2D eigenvalue weighted by Gasteiger charge is 2.38. The van der Waals surface area contributed by atoms with Crippen molar-refractivity contribution < 1.29 is 19.4 Å². The summed E-state index contributed by atoms with van der Waals surface area (Å²) in [7, 11) is 1.64. The van der Waals surface area contributed by atoms with Gasteiger partial charge in [0.05, 0.1) is 5.92 Å². The second-order valence-corrected chi connectivity index (χ2v) is 7.18. The Labute approximate surface area is 140 Å². The van der Waals surface area contributed by atoms with E-state index in [2.05, 4.69) is 0 Å². The average molecular weight is 336 g/mol. The molecule has 1 N–H and O–H groups in total. The molecule has 1 aromatic rings. The number of hydrogen-bond donors (Lipinski definition) is 1. The van der Waals surface area contributed by atoms with Gasteiger partial charge >= 0.3 is 12.1 Å². The van der Waals surface area contributed by atoms with Crippen LogP contribution in [0.4, 0.5) is 4.79 Å². The van der Waals surface area contributed by atoms with Crippen LogP contribution in [0.2, 0.25) is 0 Å². The van der Waals surface area contributed by atoms with Crippen molar-refractivity contribution in [3.63, 3.8) is 0 Å². The molecule has 1 aromatic heterocycles. The number of piperidine rings is 1. The number of amides is 1. The Kier molecular flexibility index (Phi) is 5.01. The van der Waals surface area contributed by atoms with E-state index in [1.807, 2.05) is 0 Å². The van der Waals surface area contributed by atoms with Crippen LogP contribution < -0.4 is 5.56 Å². The molecule has 132 valence electrons. The van der Waals surface area contributed by atoms with Gasteiger partial charge in [0, 0.05) is 38.3 Å². The predicted molar refractivity (Wildman–Crippen MR) is 88.0 cm³/mol. The van der Waals surface area contributed by atoms with Gasteiger partial charge in [-0.25, -0.2) is 4.79 Å². The van der Waals surface area contributed by atoms with Gasteiger partial charge in [0.2, 0.25) is 0 Å². The van der Waals surface area contributed by atoms with E-state index in [1.54, 1.807) is 40.1 Å². The van der Waals surface area contributed by atoms with Crippen LogP contribution in [0.25, 0.3) is 0 Å². The van der Waals surface area contributed by atoms with Crippen LogP contribution in [-0.4, -0.2) is 45.3 Å². The average Bonchev–Trinajstić information content (AvgIpc) is 2.47. The van der Waals surface area contributed by atoms with Crippen molar-refractivity contribution in [3.8, 4) is 0 Å². The number of likely N-dealkylation sites (tertiary alicyclic amines) is 1. The smallest absolute Gasteiger partial charge is 0.410 e. The monoisotopic (exact) mass is 336 g/mol. The third kappa shape index (κ3) is 4.15. The first-order valence-electron chi connectivity index (χ1n) is 7.96. The van der Waals surface area contributed by atoms with Crippen molar-refractivity contribution in [2.75, 3.05) is 13.1 Å². The summed E-state index contributed by atoms with van der Waals surface area (Å²) in [5.41, 5.74) is -0.0984. The van der Waals surface area contributed by atoms with Gasteiger partial charge in [0.15, 0.2) is 0 Å². The van der Waals surface area contributed by atoms with E-state index in [4.69, 9.17) is 4.74 Å². The molecule has 0 radical (unpaired) electrons. The fourth-order valence-electron chi connectivity index (χ4n) is 2.89. The highest BCUT2D eigenvalue weighted by atomic mass is 16.6. The summed E-state index contributed by atoms with van der Waals surface area (Å²) in [5.74, 6) is -2.04. The number of nitrogens with zero attached hydrogens (tertiary/aromatic N) is 2. The molecule has 1 aliphatic rings. The van der Waals surface area contributed by atoms with E-state index < -0.39 is 23.6 Å². The Bertz CT molecular complexity index is 689. The fourth-order valence-corrected chi connectivity index (χ4v) is 2.89. The summed E-state index contributed by atoms with van der Waals surface area (Å²) in [6.07, 6.45) is 1.61. The van der Waals surface area contributed by atoms with Crippen LogP contribution in [0.15, 0.2) is 23.1 Å². The molecular formula is C17H24N2O5. The van der Waals surface area contributed by atoms with Gasteiger partial charge in [-0.05, 0) is 38.8 Å². The molecule has 0 aliphatic carbocycles. The molecular weight excluding hydrogens is 312 g/mol. The van der Waals surface area contributed by atoms with Crippen LogP contribution in [0, 0.1) is 5.92 Å². The molecule has 7 heteroatoms. The Morgan fingerprint density at radius 1 is 1.33 bits per heavy atom. The molecule has 24 heavy (non-hydrogen) atoms. The molecule has 1 saturated heterocycles. The van der Waals surface area contributed by atoms with Crippen LogP contribution in [0.1, 0.15) is 38.7 Å². The van der Waals surface area contributed by atoms with Crippen molar-refractivity contribution in [1.82, 2.24) is 9.47 Å². The Morgan fingerprint density at radius 3 is 2.54 bits per heavy atom. The maximum atomic E-state index is 12.2. The van der Waals surface area contributed by atoms with Crippen LogP contribution in [0.3, 0.4) is 0 Å². The molecule has 0 aromatic carbocycles. The van der Waals surface area contributed by atoms with Crippen molar-refractivity contribution in [2.45, 2.75) is 38.7 Å². The van der Waals surface area contributed by atoms with E-state index >= 15 is 0 Å². The highest BCUT2D eigenvalue weighted by Crippen LogP contribution is 2.33. The topological polar surface area (TPSA) is 88.8 Å². The quantitative estimate of drug-likeness (QED) is 0.890. The maximum Gasteiger partial charge on any atom is 0.410 e. The highest BCUT2D eigenvalue weighted by molar-refractivity contribution is 5.74. The standard InChI is InChI=1S/C17H24N2O5/c1-17(2,3)24-16(23)19-8-6-12(13(10-19)15(21)22)11-5-7-18(4)14(20)9-11/h5,7,9,12-13H,6,8,10H2,1-4H3,(H,21,22)/t12-,13-/m1/s1. The third-order valence-corrected chi connectivity index (χ3v) is 4.14. The molecule has 0 bridgehead atoms. The van der Waals surface area contributed by atoms with Gasteiger partial charge in [-0.15, -0.1) is 0 Å². The number of hydrogen-bond acceptors (Lipinski definition) is 4. The summed E-state index contributed by atoms with van der Waals surface area (Å²) in [4.78, 5) is 37.1. The summed E-state index contributed by atoms with van der Waals surface area (Å²) < 4.78 is 6.76. The fraction of sp³-hybridized carbons (Fsp3) is 0.588. The van der Waals surface area contributed by atoms with Gasteiger partial charge < -0.3 is 19.3 Å². The number of aliphatic carboxylic acids is 1. The van der Waals surface area contributed by atoms with Gasteiger partial charge in [-0.1, -0.05) is 0 Å². The van der Waals surface area contributed by atoms with Crippen molar-refractivity contribution in [3.05, 3.63) is 34.2 Å². The molecule has 0 unspecified atom stereocenters. The van der Waals surface area contributed by atoms with Gasteiger partial charge in [0.1, 0.15) is 5.60 Å². The molecule has 2 rings (SSSR count). The normalized spacial score (nSPS) is 21.4. The number of carboxylic acid groups (broad SMARTS) is 1. The number of ether oxygens (including phenoxy) is 1. The largest absolute Gasteiger partial charge is 0.481 e. The van der Waals surface area contributed by atoms with Crippen molar-refractivity contribution in [1.29, 1.82) is 0 Å². The van der Waals surface area contributed by atoms with E-state index in [0.29, 0.717) is 18.5 Å². The minimum atomic E-state index is -0.978. The summed E-state index contributed by atoms with van der Waals surface area (Å²) >= 11 is 0. The first-order valence-corrected chi connectivity index (χ1v) is 7.96. The van der Waals surface area contributed by atoms with Crippen LogP contribution in [-0.2, 0) is 16.6 Å². The number of carbonyl (C=O) groups is 2. The summed E-state index contributed by atoms with van der Waals surface area (Å²) in [5, 5.41) is 9.56. The molecule has 2 atom stereocenters. The second-order valence-electron chi connectivity index (χ2n) is 7.18. The minimum absolute atomic E-state index is 0.0735. The third-order valence-electron chi connectivity index (χ3n) is 4.14. The van der Waals surface area contributed by atoms with Crippen LogP contribution in [0.5, 0.6) is 0 Å². The number of aryl methyl sites for hydroxylation is 1. The van der Waals surface area contributed by atoms with Gasteiger partial charge in [-0.2, -0.15) is 0 Å². The van der Waals surface area contributed by atoms with E-state index in [1.165, 1.54) is 15.5 Å². The lowest BCUT2D eigenvalue weighted by Gasteiger charge is -2.37. The maximum absolute atomic E-state index is 12.2. The second kappa shape index (κ2) is 6.67. The first-order chi connectivity index (χ1) is 11.1. The number of pyridine rings is 1. The molecule has 0 saturated carbocycles. The molecule has 1 fully saturated rings. The Morgan fingerprint density at radius 2 is 2.00 bits per heavy atom. The van der Waals surface area contributed by atoms with Crippen molar-refractivity contribution >= 4 is 12.1 Å². The zero-order valence-electron chi connectivity index (χ0n) is 14.5. The molecule has 7 nitrogen and oxygen atoms in total. The zero-order valence-corrected chi connectivity index (χ0v) is 14.5. The number of carbonyl (C=O) groups excluding carboxylic acids is 1. The predicted octanol–water partition coefficient (Wildman–Crippen LogP) is 1.81. The summed E-state index contributed by atoms with van der Waals surface area (Å²) in [6, 6.07) is 3.24. The van der Waals surface area contributed by atoms with Gasteiger partial charge in [-0.3, -0.25) is 9.59 Å². The number of carboxylic acids is 1. The lowest BCUT2D eigenvalue weighted by molar-refractivity contribution is -0.144. The van der Waals surface area contributed by atoms with Crippen LogP contribution >= 0.6 is 0 Å². The Balaban J connectivity index is 2.19. The van der Waals surface area contributed by atoms with E-state index in [-0.39, 0.29) is 18.0 Å². The lowest BCUT2D eigenvalue weighted by Crippen LogP contribution is -2.47. The molecule has 0 spiro atoms. The molecule has 2 heterocycles. The zero-order chi connectivity index (χ0) is 18.1. The minimum Gasteiger partial charge on any atom is -0.481 e. The Hall–Kier alpha value is -2.31.